The fraction of sp³-hybridized carbons (Fsp3) is 0.200. The average Bonchev–Trinajstić information content (AvgIpc) is 2.73. The molecule has 144 valence electrons. The van der Waals surface area contributed by atoms with E-state index >= 15 is 0 Å². The maximum atomic E-state index is 11.9. The second kappa shape index (κ2) is 9.31. The molecule has 3 rings (SSSR count). The first-order valence-electron chi connectivity index (χ1n) is 8.69. The highest BCUT2D eigenvalue weighted by Gasteiger charge is 2.20. The van der Waals surface area contributed by atoms with Crippen molar-refractivity contribution in [3.63, 3.8) is 0 Å². The van der Waals surface area contributed by atoms with Gasteiger partial charge in [0, 0.05) is 18.5 Å². The minimum atomic E-state index is -0.722. The number of nitrogens with zero attached hydrogens (tertiary/aromatic N) is 1. The first-order valence-corrected chi connectivity index (χ1v) is 8.69. The third kappa shape index (κ3) is 5.66. The van der Waals surface area contributed by atoms with Crippen molar-refractivity contribution in [2.24, 2.45) is 5.10 Å². The highest BCUT2D eigenvalue weighted by molar-refractivity contribution is 6.37. The van der Waals surface area contributed by atoms with E-state index in [2.05, 4.69) is 15.8 Å². The second-order valence-electron chi connectivity index (χ2n) is 6.02. The Hall–Kier alpha value is -3.68. The van der Waals surface area contributed by atoms with Crippen LogP contribution in [0.1, 0.15) is 18.4 Å². The molecule has 0 bridgehead atoms. The van der Waals surface area contributed by atoms with E-state index in [1.807, 2.05) is 30.3 Å². The van der Waals surface area contributed by atoms with Gasteiger partial charge in [0.15, 0.2) is 6.61 Å². The minimum Gasteiger partial charge on any atom is -0.489 e. The number of hydrogen-bond donors (Lipinski definition) is 2. The fourth-order valence-corrected chi connectivity index (χ4v) is 2.41. The number of nitrogens with one attached hydrogen (secondary N) is 2. The van der Waals surface area contributed by atoms with Gasteiger partial charge in [0.2, 0.25) is 5.91 Å². The van der Waals surface area contributed by atoms with Crippen LogP contribution in [0.25, 0.3) is 0 Å². The fourth-order valence-electron chi connectivity index (χ4n) is 2.41. The van der Waals surface area contributed by atoms with Gasteiger partial charge in [-0.15, -0.1) is 0 Å². The Labute approximate surface area is 161 Å². The summed E-state index contributed by atoms with van der Waals surface area (Å²) >= 11 is 0. The summed E-state index contributed by atoms with van der Waals surface area (Å²) in [5.41, 5.74) is 3.90. The van der Waals surface area contributed by atoms with Crippen molar-refractivity contribution in [1.29, 1.82) is 0 Å². The molecule has 0 aliphatic carbocycles. The van der Waals surface area contributed by atoms with E-state index in [0.717, 1.165) is 5.56 Å². The van der Waals surface area contributed by atoms with Crippen LogP contribution in [0.2, 0.25) is 0 Å². The van der Waals surface area contributed by atoms with Crippen LogP contribution in [0, 0.1) is 0 Å². The molecule has 1 heterocycles. The topological polar surface area (TPSA) is 106 Å². The third-order valence-electron chi connectivity index (χ3n) is 3.86. The first-order chi connectivity index (χ1) is 13.6. The number of anilines is 1. The van der Waals surface area contributed by atoms with Crippen LogP contribution in [0.3, 0.4) is 0 Å². The molecule has 0 saturated carbocycles. The maximum absolute atomic E-state index is 11.9. The lowest BCUT2D eigenvalue weighted by atomic mass is 10.2. The lowest BCUT2D eigenvalue weighted by molar-refractivity contribution is -0.140. The Morgan fingerprint density at radius 3 is 2.46 bits per heavy atom. The predicted molar refractivity (Wildman–Crippen MR) is 102 cm³/mol. The van der Waals surface area contributed by atoms with Gasteiger partial charge >= 0.3 is 5.97 Å². The Morgan fingerprint density at radius 2 is 1.79 bits per heavy atom. The van der Waals surface area contributed by atoms with E-state index in [0.29, 0.717) is 18.0 Å². The van der Waals surface area contributed by atoms with Crippen LogP contribution in [0.5, 0.6) is 5.75 Å². The summed E-state index contributed by atoms with van der Waals surface area (Å²) < 4.78 is 10.6. The lowest BCUT2D eigenvalue weighted by Gasteiger charge is -2.11. The lowest BCUT2D eigenvalue weighted by Crippen LogP contribution is -2.32. The molecule has 0 spiro atoms. The maximum Gasteiger partial charge on any atom is 0.355 e. The van der Waals surface area contributed by atoms with Crippen LogP contribution in [-0.4, -0.2) is 30.1 Å². The molecular weight excluding hydrogens is 362 g/mol. The van der Waals surface area contributed by atoms with Crippen molar-refractivity contribution in [3.05, 3.63) is 60.2 Å². The van der Waals surface area contributed by atoms with Crippen LogP contribution in [-0.2, 0) is 25.7 Å². The standard InChI is InChI=1S/C20H19N3O5/c24-18-11-10-17(22-23-18)20(26)28-13-19(25)21-15-6-8-16(9-7-15)27-12-14-4-2-1-3-5-14/h1-9H,10-13H2,(H,21,25)(H,23,24). The van der Waals surface area contributed by atoms with Gasteiger partial charge < -0.3 is 14.8 Å². The van der Waals surface area contributed by atoms with Crippen molar-refractivity contribution in [3.8, 4) is 5.75 Å². The van der Waals surface area contributed by atoms with Gasteiger partial charge in [0.05, 0.1) is 0 Å². The SMILES string of the molecule is O=C1CCC(C(=O)OCC(=O)Nc2ccc(OCc3ccccc3)cc2)=NN1. The van der Waals surface area contributed by atoms with Crippen LogP contribution >= 0.6 is 0 Å². The Morgan fingerprint density at radius 1 is 1.04 bits per heavy atom. The van der Waals surface area contributed by atoms with Gasteiger partial charge in [-0.3, -0.25) is 9.59 Å². The summed E-state index contributed by atoms with van der Waals surface area (Å²) in [4.78, 5) is 34.7. The number of esters is 1. The highest BCUT2D eigenvalue weighted by Crippen LogP contribution is 2.17. The molecule has 2 amide bonds. The summed E-state index contributed by atoms with van der Waals surface area (Å²) in [5, 5.41) is 6.25. The third-order valence-corrected chi connectivity index (χ3v) is 3.86. The first kappa shape index (κ1) is 19.1. The van der Waals surface area contributed by atoms with Gasteiger partial charge in [-0.2, -0.15) is 5.10 Å². The molecule has 0 fully saturated rings. The van der Waals surface area contributed by atoms with E-state index < -0.39 is 18.5 Å². The Bertz CT molecular complexity index is 878. The monoisotopic (exact) mass is 381 g/mol. The predicted octanol–water partition coefficient (Wildman–Crippen LogP) is 2.01. The smallest absolute Gasteiger partial charge is 0.355 e. The zero-order valence-corrected chi connectivity index (χ0v) is 15.0. The Kier molecular flexibility index (Phi) is 6.35. The van der Waals surface area contributed by atoms with Gasteiger partial charge in [-0.05, 0) is 29.8 Å². The quantitative estimate of drug-likeness (QED) is 0.714. The number of ether oxygens (including phenoxy) is 2. The molecule has 1 aliphatic heterocycles. The number of hydrazone groups is 1. The van der Waals surface area contributed by atoms with E-state index in [1.54, 1.807) is 24.3 Å². The second-order valence-corrected chi connectivity index (χ2v) is 6.02. The molecule has 0 aromatic heterocycles. The average molecular weight is 381 g/mol. The summed E-state index contributed by atoms with van der Waals surface area (Å²) in [6.45, 7) is 0.00486. The van der Waals surface area contributed by atoms with Crippen molar-refractivity contribution in [2.75, 3.05) is 11.9 Å². The summed E-state index contributed by atoms with van der Waals surface area (Å²) in [6.07, 6.45) is 0.357. The summed E-state index contributed by atoms with van der Waals surface area (Å²) in [5.74, 6) is -0.789. The molecule has 1 aliphatic rings. The number of benzene rings is 2. The molecule has 28 heavy (non-hydrogen) atoms. The van der Waals surface area contributed by atoms with E-state index in [4.69, 9.17) is 9.47 Å². The van der Waals surface area contributed by atoms with Crippen LogP contribution in [0.15, 0.2) is 59.7 Å². The van der Waals surface area contributed by atoms with Crippen molar-refractivity contribution >= 4 is 29.2 Å². The molecule has 2 aromatic carbocycles. The molecule has 0 unspecified atom stereocenters. The molecule has 8 heteroatoms. The van der Waals surface area contributed by atoms with Crippen molar-refractivity contribution in [2.45, 2.75) is 19.4 Å². The molecule has 0 radical (unpaired) electrons. The zero-order valence-electron chi connectivity index (χ0n) is 15.0. The normalized spacial score (nSPS) is 13.1. The number of hydrogen-bond acceptors (Lipinski definition) is 6. The van der Waals surface area contributed by atoms with E-state index in [1.165, 1.54) is 0 Å². The Balaban J connectivity index is 1.42. The number of rotatable bonds is 7. The van der Waals surface area contributed by atoms with Gasteiger partial charge in [-0.1, -0.05) is 30.3 Å². The van der Waals surface area contributed by atoms with Crippen LogP contribution < -0.4 is 15.5 Å². The van der Waals surface area contributed by atoms with Gasteiger partial charge in [0.25, 0.3) is 5.91 Å². The summed E-state index contributed by atoms with van der Waals surface area (Å²) in [6, 6.07) is 16.7. The molecule has 2 N–H and O–H groups in total. The summed E-state index contributed by atoms with van der Waals surface area (Å²) in [7, 11) is 0. The highest BCUT2D eigenvalue weighted by atomic mass is 16.5. The largest absolute Gasteiger partial charge is 0.489 e. The minimum absolute atomic E-state index is 0.0901. The van der Waals surface area contributed by atoms with Crippen molar-refractivity contribution < 1.29 is 23.9 Å². The van der Waals surface area contributed by atoms with Crippen molar-refractivity contribution in [1.82, 2.24) is 5.43 Å². The molecule has 8 nitrogen and oxygen atoms in total. The molecular formula is C20H19N3O5. The van der Waals surface area contributed by atoms with E-state index in [9.17, 15) is 14.4 Å². The zero-order chi connectivity index (χ0) is 19.8. The molecule has 0 atom stereocenters. The molecule has 2 aromatic rings. The van der Waals surface area contributed by atoms with Crippen LogP contribution in [0.4, 0.5) is 5.69 Å². The number of amides is 2. The molecule has 0 saturated heterocycles. The van der Waals surface area contributed by atoms with E-state index in [-0.39, 0.29) is 24.5 Å². The number of carbonyl (C=O) groups is 3. The van der Waals surface area contributed by atoms with Gasteiger partial charge in [0.1, 0.15) is 18.1 Å². The van der Waals surface area contributed by atoms with Gasteiger partial charge in [-0.25, -0.2) is 10.2 Å². The number of carbonyl (C=O) groups excluding carboxylic acids is 3.